The molecule has 0 saturated carbocycles. The van der Waals surface area contributed by atoms with Crippen molar-refractivity contribution in [1.82, 2.24) is 9.78 Å². The summed E-state index contributed by atoms with van der Waals surface area (Å²) in [6.45, 7) is 4.20. The Balaban J connectivity index is 2.22. The van der Waals surface area contributed by atoms with Crippen molar-refractivity contribution >= 4 is 5.78 Å². The molecular weight excluding hydrogens is 242 g/mol. The number of aryl methyl sites for hydroxylation is 1. The molecule has 0 amide bonds. The first-order valence-electron chi connectivity index (χ1n) is 6.23. The third-order valence-electron chi connectivity index (χ3n) is 3.96. The van der Waals surface area contributed by atoms with Crippen LogP contribution in [0.5, 0.6) is 0 Å². The molecule has 0 fully saturated rings. The first-order chi connectivity index (χ1) is 8.89. The van der Waals surface area contributed by atoms with Gasteiger partial charge in [0.25, 0.3) is 0 Å². The van der Waals surface area contributed by atoms with Gasteiger partial charge in [0.1, 0.15) is 11.7 Å². The van der Waals surface area contributed by atoms with Crippen LogP contribution >= 0.6 is 0 Å². The lowest BCUT2D eigenvalue weighted by atomic mass is 9.69. The lowest BCUT2D eigenvalue weighted by Crippen LogP contribution is -2.41. The van der Waals surface area contributed by atoms with Crippen molar-refractivity contribution < 1.29 is 9.53 Å². The summed E-state index contributed by atoms with van der Waals surface area (Å²) in [4.78, 5) is 12.2. The Labute approximate surface area is 111 Å². The monoisotopic (exact) mass is 257 g/mol. The van der Waals surface area contributed by atoms with Gasteiger partial charge < -0.3 is 4.74 Å². The van der Waals surface area contributed by atoms with Crippen molar-refractivity contribution in [3.05, 3.63) is 29.1 Å². The first kappa shape index (κ1) is 12.1. The Kier molecular flexibility index (Phi) is 2.26. The summed E-state index contributed by atoms with van der Waals surface area (Å²) in [5, 5.41) is 13.4. The Bertz CT molecular complexity index is 648. The van der Waals surface area contributed by atoms with Gasteiger partial charge in [-0.1, -0.05) is 13.8 Å². The largest absolute Gasteiger partial charge is 0.360 e. The smallest absolute Gasteiger partial charge is 0.178 e. The molecule has 1 atom stereocenters. The second-order valence-corrected chi connectivity index (χ2v) is 5.88. The highest BCUT2D eigenvalue weighted by molar-refractivity contribution is 6.04. The Morgan fingerprint density at radius 2 is 2.26 bits per heavy atom. The number of carbonyl (C=O) groups is 1. The number of carbonyl (C=O) groups excluding carboxylic acids is 1. The van der Waals surface area contributed by atoms with E-state index in [9.17, 15) is 10.1 Å². The van der Waals surface area contributed by atoms with E-state index in [1.165, 1.54) is 0 Å². The molecule has 0 radical (unpaired) electrons. The van der Waals surface area contributed by atoms with E-state index in [1.54, 1.807) is 17.0 Å². The van der Waals surface area contributed by atoms with Crippen LogP contribution in [0.25, 0.3) is 0 Å². The highest BCUT2D eigenvalue weighted by atomic mass is 16.5. The van der Waals surface area contributed by atoms with Gasteiger partial charge in [-0.05, 0) is 12.5 Å². The molecule has 1 unspecified atom stereocenters. The number of nitriles is 1. The van der Waals surface area contributed by atoms with E-state index in [1.807, 2.05) is 27.0 Å². The minimum Gasteiger partial charge on any atom is -0.360 e. The van der Waals surface area contributed by atoms with Gasteiger partial charge >= 0.3 is 0 Å². The number of allylic oxidation sites excluding steroid dienone is 1. The molecule has 1 spiro atoms. The van der Waals surface area contributed by atoms with Crippen molar-refractivity contribution in [3.8, 4) is 6.07 Å². The lowest BCUT2D eigenvalue weighted by molar-refractivity contribution is -0.129. The average Bonchev–Trinajstić information content (AvgIpc) is 2.87. The van der Waals surface area contributed by atoms with Crippen molar-refractivity contribution in [2.24, 2.45) is 12.5 Å². The van der Waals surface area contributed by atoms with Crippen LogP contribution in [0.2, 0.25) is 0 Å². The summed E-state index contributed by atoms with van der Waals surface area (Å²) in [5.74, 6) is -0.111. The standard InChI is InChI=1S/C14H15N3O2/c1-13(2)8-14(4-9(5-15)12(13)18)11-10(7-19-14)6-16-17(11)3/h4,6H,7-8H2,1-3H3. The molecule has 0 bridgehead atoms. The molecule has 0 saturated heterocycles. The minimum atomic E-state index is -0.691. The summed E-state index contributed by atoms with van der Waals surface area (Å²) in [6.07, 6.45) is 4.00. The van der Waals surface area contributed by atoms with Crippen LogP contribution in [0, 0.1) is 16.7 Å². The molecule has 1 aliphatic carbocycles. The quantitative estimate of drug-likeness (QED) is 0.708. The van der Waals surface area contributed by atoms with Gasteiger partial charge in [-0.15, -0.1) is 0 Å². The normalized spacial score (nSPS) is 28.1. The summed E-state index contributed by atoms with van der Waals surface area (Å²) in [5.41, 5.74) is 0.877. The molecule has 98 valence electrons. The zero-order valence-corrected chi connectivity index (χ0v) is 11.2. The van der Waals surface area contributed by atoms with Gasteiger partial charge in [-0.3, -0.25) is 9.48 Å². The van der Waals surface area contributed by atoms with Crippen LogP contribution in [-0.4, -0.2) is 15.6 Å². The predicted octanol–water partition coefficient (Wildman–Crippen LogP) is 1.59. The van der Waals surface area contributed by atoms with Gasteiger partial charge in [-0.25, -0.2) is 0 Å². The zero-order valence-electron chi connectivity index (χ0n) is 11.2. The Morgan fingerprint density at radius 1 is 1.53 bits per heavy atom. The number of rotatable bonds is 0. The number of Topliss-reactive ketones (excluding diaryl/α,β-unsaturated/α-hetero) is 1. The molecule has 5 nitrogen and oxygen atoms in total. The summed E-state index contributed by atoms with van der Waals surface area (Å²) < 4.78 is 7.73. The fourth-order valence-corrected chi connectivity index (χ4v) is 3.19. The predicted molar refractivity (Wildman–Crippen MR) is 66.8 cm³/mol. The maximum absolute atomic E-state index is 12.2. The maximum atomic E-state index is 12.2. The molecule has 19 heavy (non-hydrogen) atoms. The molecule has 1 aliphatic heterocycles. The van der Waals surface area contributed by atoms with E-state index in [0.717, 1.165) is 11.3 Å². The van der Waals surface area contributed by atoms with Crippen LogP contribution in [0.15, 0.2) is 17.8 Å². The SMILES string of the molecule is Cn1ncc2c1C1(C=C(C#N)C(=O)C(C)(C)C1)OC2. The van der Waals surface area contributed by atoms with Crippen LogP contribution in [0.4, 0.5) is 0 Å². The summed E-state index contributed by atoms with van der Waals surface area (Å²) in [7, 11) is 1.86. The van der Waals surface area contributed by atoms with Crippen LogP contribution in [-0.2, 0) is 28.8 Å². The number of hydrogen-bond acceptors (Lipinski definition) is 4. The first-order valence-corrected chi connectivity index (χ1v) is 6.23. The molecule has 5 heteroatoms. The van der Waals surface area contributed by atoms with Crippen molar-refractivity contribution in [2.75, 3.05) is 0 Å². The van der Waals surface area contributed by atoms with E-state index in [2.05, 4.69) is 5.10 Å². The van der Waals surface area contributed by atoms with Crippen LogP contribution in [0.3, 0.4) is 0 Å². The van der Waals surface area contributed by atoms with Gasteiger partial charge in [0, 0.05) is 18.0 Å². The molecule has 0 N–H and O–H groups in total. The number of fused-ring (bicyclic) bond motifs is 2. The number of ketones is 1. The van der Waals surface area contributed by atoms with Gasteiger partial charge in [0.05, 0.1) is 24.1 Å². The van der Waals surface area contributed by atoms with Gasteiger partial charge in [0.2, 0.25) is 0 Å². The van der Waals surface area contributed by atoms with Gasteiger partial charge in [-0.2, -0.15) is 10.4 Å². The van der Waals surface area contributed by atoms with E-state index >= 15 is 0 Å². The minimum absolute atomic E-state index is 0.111. The number of ether oxygens (including phenoxy) is 1. The Morgan fingerprint density at radius 3 is 2.95 bits per heavy atom. The van der Waals surface area contributed by atoms with Crippen molar-refractivity contribution in [3.63, 3.8) is 0 Å². The molecular formula is C14H15N3O2. The van der Waals surface area contributed by atoms with Crippen LogP contribution in [0.1, 0.15) is 31.5 Å². The zero-order chi connectivity index (χ0) is 13.8. The molecule has 1 aromatic heterocycles. The average molecular weight is 257 g/mol. The summed E-state index contributed by atoms with van der Waals surface area (Å²) >= 11 is 0. The molecule has 2 heterocycles. The van der Waals surface area contributed by atoms with E-state index in [0.29, 0.717) is 13.0 Å². The van der Waals surface area contributed by atoms with Crippen molar-refractivity contribution in [1.29, 1.82) is 5.26 Å². The number of hydrogen-bond donors (Lipinski definition) is 0. The maximum Gasteiger partial charge on any atom is 0.178 e. The lowest BCUT2D eigenvalue weighted by Gasteiger charge is -2.38. The highest BCUT2D eigenvalue weighted by Gasteiger charge is 2.51. The van der Waals surface area contributed by atoms with Crippen LogP contribution < -0.4 is 0 Å². The third-order valence-corrected chi connectivity index (χ3v) is 3.96. The molecule has 1 aromatic rings. The highest BCUT2D eigenvalue weighted by Crippen LogP contribution is 2.49. The van der Waals surface area contributed by atoms with E-state index in [4.69, 9.17) is 4.74 Å². The van der Waals surface area contributed by atoms with E-state index < -0.39 is 11.0 Å². The third kappa shape index (κ3) is 1.50. The molecule has 0 aromatic carbocycles. The fraction of sp³-hybridized carbons (Fsp3) is 0.500. The second-order valence-electron chi connectivity index (χ2n) is 5.88. The molecule has 2 aliphatic rings. The van der Waals surface area contributed by atoms with E-state index in [-0.39, 0.29) is 11.4 Å². The second kappa shape index (κ2) is 3.55. The molecule has 3 rings (SSSR count). The van der Waals surface area contributed by atoms with Crippen molar-refractivity contribution in [2.45, 2.75) is 32.5 Å². The number of aromatic nitrogens is 2. The van der Waals surface area contributed by atoms with Gasteiger partial charge in [0.15, 0.2) is 5.78 Å². The summed E-state index contributed by atoms with van der Waals surface area (Å²) in [6, 6.07) is 2.00. The Hall–Kier alpha value is -1.93. The fourth-order valence-electron chi connectivity index (χ4n) is 3.19. The number of nitrogens with zero attached hydrogens (tertiary/aromatic N) is 3. The topological polar surface area (TPSA) is 67.9 Å².